The molecule has 6 nitrogen and oxygen atoms in total. The first-order valence-electron chi connectivity index (χ1n) is 7.89. The highest BCUT2D eigenvalue weighted by Gasteiger charge is 2.25. The summed E-state index contributed by atoms with van der Waals surface area (Å²) in [5.41, 5.74) is 3.45. The lowest BCUT2D eigenvalue weighted by Crippen LogP contribution is -2.27. The summed E-state index contributed by atoms with van der Waals surface area (Å²) in [6.07, 6.45) is 0.705. The van der Waals surface area contributed by atoms with Crippen molar-refractivity contribution in [3.8, 4) is 22.8 Å². The maximum atomic E-state index is 13.8. The molecule has 3 aromatic rings. The number of H-pyrrole nitrogens is 1. The topological polar surface area (TPSA) is 88.9 Å². The molecule has 0 saturated heterocycles. The molecule has 2 heterocycles. The average molecular weight is 341 g/mol. The Morgan fingerprint density at radius 3 is 2.76 bits per heavy atom. The van der Waals surface area contributed by atoms with E-state index in [9.17, 15) is 19.5 Å². The second-order valence-corrected chi connectivity index (χ2v) is 6.37. The molecule has 0 bridgehead atoms. The molecule has 3 N–H and O–H groups in total. The number of nitroso groups, excluding NO2 is 1. The first-order chi connectivity index (χ1) is 12.0. The minimum absolute atomic E-state index is 0.0396. The van der Waals surface area contributed by atoms with Crippen molar-refractivity contribution in [2.24, 2.45) is 5.18 Å². The number of likely N-dealkylation sites (N-methyl/N-ethyl adjacent to an activating group) is 1. The lowest BCUT2D eigenvalue weighted by molar-refractivity contribution is 0.314. The standard InChI is InChI=1S/C18H16FN3O3/c1-22-5-4-10-11(12-6-9(19)2-3-15(12)23)7-13-16(14(10)8-22)20-18(24)17(13)21-25/h2-3,6-7,20,23-24H,4-5,8H2,1H3. The molecule has 25 heavy (non-hydrogen) atoms. The van der Waals surface area contributed by atoms with Gasteiger partial charge in [0.25, 0.3) is 0 Å². The number of halogens is 1. The number of nitrogens with one attached hydrogen (secondary N) is 1. The van der Waals surface area contributed by atoms with E-state index in [2.05, 4.69) is 15.1 Å². The van der Waals surface area contributed by atoms with E-state index >= 15 is 0 Å². The van der Waals surface area contributed by atoms with E-state index in [1.807, 2.05) is 7.05 Å². The van der Waals surface area contributed by atoms with E-state index in [-0.39, 0.29) is 17.3 Å². The maximum absolute atomic E-state index is 13.8. The summed E-state index contributed by atoms with van der Waals surface area (Å²) in [5, 5.41) is 23.6. The van der Waals surface area contributed by atoms with Gasteiger partial charge in [0.1, 0.15) is 11.6 Å². The second kappa shape index (κ2) is 5.56. The molecule has 0 radical (unpaired) electrons. The van der Waals surface area contributed by atoms with Crippen molar-refractivity contribution >= 4 is 16.6 Å². The first-order valence-corrected chi connectivity index (χ1v) is 7.89. The van der Waals surface area contributed by atoms with Gasteiger partial charge in [0.2, 0.25) is 5.88 Å². The molecule has 1 aromatic heterocycles. The highest BCUT2D eigenvalue weighted by atomic mass is 19.1. The Kier molecular flexibility index (Phi) is 3.47. The van der Waals surface area contributed by atoms with Crippen molar-refractivity contribution in [2.75, 3.05) is 13.6 Å². The number of aromatic hydroxyl groups is 2. The number of nitrogens with zero attached hydrogens (tertiary/aromatic N) is 2. The summed E-state index contributed by atoms with van der Waals surface area (Å²) in [6, 6.07) is 5.46. The number of hydrogen-bond donors (Lipinski definition) is 3. The van der Waals surface area contributed by atoms with Crippen LogP contribution in [0.15, 0.2) is 29.4 Å². The molecule has 1 aliphatic heterocycles. The van der Waals surface area contributed by atoms with E-state index in [0.29, 0.717) is 35.0 Å². The van der Waals surface area contributed by atoms with Crippen LogP contribution in [0.2, 0.25) is 0 Å². The molecule has 0 unspecified atom stereocenters. The Morgan fingerprint density at radius 1 is 1.20 bits per heavy atom. The number of rotatable bonds is 2. The summed E-state index contributed by atoms with van der Waals surface area (Å²) in [7, 11) is 1.97. The minimum atomic E-state index is -0.458. The smallest absolute Gasteiger partial charge is 0.219 e. The van der Waals surface area contributed by atoms with Crippen molar-refractivity contribution in [2.45, 2.75) is 13.0 Å². The molecule has 0 amide bonds. The zero-order valence-electron chi connectivity index (χ0n) is 13.5. The lowest BCUT2D eigenvalue weighted by atomic mass is 9.88. The number of fused-ring (bicyclic) bond motifs is 3. The third-order valence-corrected chi connectivity index (χ3v) is 4.78. The first kappa shape index (κ1) is 15.6. The number of phenols is 1. The van der Waals surface area contributed by atoms with Crippen LogP contribution in [-0.4, -0.2) is 33.7 Å². The third kappa shape index (κ3) is 2.35. The van der Waals surface area contributed by atoms with Gasteiger partial charge in [-0.1, -0.05) is 0 Å². The van der Waals surface area contributed by atoms with Crippen LogP contribution in [0.4, 0.5) is 10.1 Å². The van der Waals surface area contributed by atoms with E-state index in [1.165, 1.54) is 18.2 Å². The van der Waals surface area contributed by atoms with Gasteiger partial charge in [-0.2, -0.15) is 0 Å². The number of benzene rings is 2. The predicted molar refractivity (Wildman–Crippen MR) is 92.5 cm³/mol. The minimum Gasteiger partial charge on any atom is -0.507 e. The van der Waals surface area contributed by atoms with Crippen LogP contribution in [0.1, 0.15) is 11.1 Å². The summed E-state index contributed by atoms with van der Waals surface area (Å²) >= 11 is 0. The van der Waals surface area contributed by atoms with Gasteiger partial charge in [0.15, 0.2) is 5.69 Å². The molecule has 0 fully saturated rings. The summed E-state index contributed by atoms with van der Waals surface area (Å²) in [6.45, 7) is 1.42. The van der Waals surface area contributed by atoms with Gasteiger partial charge in [0.05, 0.1) is 5.52 Å². The molecule has 0 spiro atoms. The molecule has 1 aliphatic rings. The highest BCUT2D eigenvalue weighted by molar-refractivity contribution is 6.00. The SMILES string of the molecule is CN1CCc2c(-c3cc(F)ccc3O)cc3c(N=O)c(O)[nH]c3c2C1. The monoisotopic (exact) mass is 341 g/mol. The van der Waals surface area contributed by atoms with Crippen LogP contribution in [0.3, 0.4) is 0 Å². The van der Waals surface area contributed by atoms with E-state index in [4.69, 9.17) is 0 Å². The van der Waals surface area contributed by atoms with Crippen molar-refractivity contribution in [1.29, 1.82) is 0 Å². The highest BCUT2D eigenvalue weighted by Crippen LogP contribution is 2.44. The van der Waals surface area contributed by atoms with Crippen LogP contribution < -0.4 is 0 Å². The van der Waals surface area contributed by atoms with Gasteiger partial charge in [-0.25, -0.2) is 4.39 Å². The Balaban J connectivity index is 2.11. The van der Waals surface area contributed by atoms with Gasteiger partial charge in [0, 0.05) is 24.0 Å². The largest absolute Gasteiger partial charge is 0.507 e. The molecule has 0 saturated carbocycles. The quantitative estimate of drug-likeness (QED) is 0.619. The van der Waals surface area contributed by atoms with Gasteiger partial charge in [-0.3, -0.25) is 0 Å². The number of aromatic nitrogens is 1. The average Bonchev–Trinajstić information content (AvgIpc) is 2.91. The summed E-state index contributed by atoms with van der Waals surface area (Å²) in [4.78, 5) is 16.1. The van der Waals surface area contributed by atoms with Crippen molar-refractivity contribution in [3.63, 3.8) is 0 Å². The van der Waals surface area contributed by atoms with E-state index < -0.39 is 5.82 Å². The summed E-state index contributed by atoms with van der Waals surface area (Å²) in [5.74, 6) is -0.788. The van der Waals surface area contributed by atoms with Crippen LogP contribution in [-0.2, 0) is 13.0 Å². The van der Waals surface area contributed by atoms with Gasteiger partial charge in [-0.15, -0.1) is 4.91 Å². The second-order valence-electron chi connectivity index (χ2n) is 6.37. The zero-order chi connectivity index (χ0) is 17.7. The number of phenolic OH excluding ortho intramolecular Hbond substituents is 1. The summed E-state index contributed by atoms with van der Waals surface area (Å²) < 4.78 is 13.8. The van der Waals surface area contributed by atoms with Gasteiger partial charge < -0.3 is 20.1 Å². The molecule has 2 aromatic carbocycles. The van der Waals surface area contributed by atoms with Gasteiger partial charge >= 0.3 is 0 Å². The Labute approximate surface area is 142 Å². The van der Waals surface area contributed by atoms with Crippen LogP contribution in [0.25, 0.3) is 22.0 Å². The fourth-order valence-corrected chi connectivity index (χ4v) is 3.58. The molecule has 0 atom stereocenters. The number of aromatic amines is 1. The van der Waals surface area contributed by atoms with Crippen LogP contribution >= 0.6 is 0 Å². The van der Waals surface area contributed by atoms with Crippen molar-refractivity contribution in [3.05, 3.63) is 46.1 Å². The van der Waals surface area contributed by atoms with Crippen LogP contribution in [0.5, 0.6) is 11.6 Å². The molecule has 4 rings (SSSR count). The molecule has 7 heteroatoms. The third-order valence-electron chi connectivity index (χ3n) is 4.78. The van der Waals surface area contributed by atoms with E-state index in [1.54, 1.807) is 6.07 Å². The Morgan fingerprint density at radius 2 is 2.00 bits per heavy atom. The van der Waals surface area contributed by atoms with Crippen molar-refractivity contribution in [1.82, 2.24) is 9.88 Å². The fraction of sp³-hybridized carbons (Fsp3) is 0.222. The molecular weight excluding hydrogens is 325 g/mol. The van der Waals surface area contributed by atoms with Crippen molar-refractivity contribution < 1.29 is 14.6 Å². The fourth-order valence-electron chi connectivity index (χ4n) is 3.58. The molecular formula is C18H16FN3O3. The Bertz CT molecular complexity index is 1010. The maximum Gasteiger partial charge on any atom is 0.219 e. The Hall–Kier alpha value is -2.93. The zero-order valence-corrected chi connectivity index (χ0v) is 13.5. The molecule has 128 valence electrons. The van der Waals surface area contributed by atoms with E-state index in [0.717, 1.165) is 17.7 Å². The van der Waals surface area contributed by atoms with Crippen LogP contribution in [0, 0.1) is 10.7 Å². The normalized spacial score (nSPS) is 14.6. The molecule has 0 aliphatic carbocycles. The number of hydrogen-bond acceptors (Lipinski definition) is 5. The van der Waals surface area contributed by atoms with Gasteiger partial charge in [-0.05, 0) is 59.6 Å². The lowest BCUT2D eigenvalue weighted by Gasteiger charge is -2.27. The predicted octanol–water partition coefficient (Wildman–Crippen LogP) is 3.77.